The van der Waals surface area contributed by atoms with Crippen molar-refractivity contribution in [2.75, 3.05) is 0 Å². The smallest absolute Gasteiger partial charge is 0.0571 e. The predicted molar refractivity (Wildman–Crippen MR) is 53.6 cm³/mol. The molecule has 1 aromatic carbocycles. The van der Waals surface area contributed by atoms with Gasteiger partial charge in [-0.2, -0.15) is 0 Å². The molecule has 0 radical (unpaired) electrons. The van der Waals surface area contributed by atoms with Gasteiger partial charge in [-0.25, -0.2) is 0 Å². The molecule has 0 saturated heterocycles. The highest BCUT2D eigenvalue weighted by atomic mass is 16.3. The highest BCUT2D eigenvalue weighted by Gasteiger charge is 2.42. The summed E-state index contributed by atoms with van der Waals surface area (Å²) in [6.45, 7) is 2.05. The zero-order valence-electron chi connectivity index (χ0n) is 7.98. The topological polar surface area (TPSA) is 20.2 Å². The van der Waals surface area contributed by atoms with Crippen LogP contribution in [0.2, 0.25) is 0 Å². The van der Waals surface area contributed by atoms with Gasteiger partial charge in [0.1, 0.15) is 0 Å². The van der Waals surface area contributed by atoms with Crippen molar-refractivity contribution in [1.82, 2.24) is 0 Å². The second kappa shape index (κ2) is 3.51. The second-order valence-corrected chi connectivity index (χ2v) is 3.89. The quantitative estimate of drug-likeness (QED) is 0.750. The number of benzene rings is 1. The van der Waals surface area contributed by atoms with Gasteiger partial charge in [0.15, 0.2) is 0 Å². The molecule has 1 saturated carbocycles. The molecule has 0 amide bonds. The van der Waals surface area contributed by atoms with Crippen molar-refractivity contribution in [3.63, 3.8) is 0 Å². The number of hydrogen-bond donors (Lipinski definition) is 1. The lowest BCUT2D eigenvalue weighted by Gasteiger charge is -2.06. The Bertz CT molecular complexity index is 268. The van der Waals surface area contributed by atoms with Gasteiger partial charge in [0, 0.05) is 0 Å². The molecule has 1 aromatic rings. The molecule has 1 fully saturated rings. The van der Waals surface area contributed by atoms with E-state index in [1.807, 2.05) is 13.0 Å². The van der Waals surface area contributed by atoms with Gasteiger partial charge in [0.25, 0.3) is 0 Å². The Morgan fingerprint density at radius 1 is 1.38 bits per heavy atom. The molecule has 1 aliphatic carbocycles. The summed E-state index contributed by atoms with van der Waals surface area (Å²) in [5.74, 6) is 1.14. The lowest BCUT2D eigenvalue weighted by atomic mass is 10.1. The minimum atomic E-state index is -0.0924. The van der Waals surface area contributed by atoms with Gasteiger partial charge in [0.2, 0.25) is 0 Å². The first-order valence-electron chi connectivity index (χ1n) is 5.06. The first-order valence-corrected chi connectivity index (χ1v) is 5.06. The molecule has 1 N–H and O–H groups in total. The van der Waals surface area contributed by atoms with Crippen LogP contribution in [0.1, 0.15) is 31.2 Å². The molecule has 3 atom stereocenters. The van der Waals surface area contributed by atoms with E-state index < -0.39 is 0 Å². The zero-order chi connectivity index (χ0) is 9.26. The van der Waals surface area contributed by atoms with E-state index in [-0.39, 0.29) is 6.10 Å². The van der Waals surface area contributed by atoms with Crippen LogP contribution in [0.3, 0.4) is 0 Å². The Morgan fingerprint density at radius 2 is 2.08 bits per heavy atom. The molecular weight excluding hydrogens is 160 g/mol. The highest BCUT2D eigenvalue weighted by Crippen LogP contribution is 2.49. The normalized spacial score (nSPS) is 28.5. The number of aliphatic hydroxyl groups is 1. The molecule has 0 bridgehead atoms. The number of rotatable bonds is 3. The van der Waals surface area contributed by atoms with Crippen LogP contribution >= 0.6 is 0 Å². The summed E-state index contributed by atoms with van der Waals surface area (Å²) >= 11 is 0. The zero-order valence-corrected chi connectivity index (χ0v) is 7.98. The maximum absolute atomic E-state index is 9.63. The first-order chi connectivity index (χ1) is 6.33. The third-order valence-electron chi connectivity index (χ3n) is 2.98. The fourth-order valence-electron chi connectivity index (χ4n) is 2.03. The van der Waals surface area contributed by atoms with E-state index >= 15 is 0 Å². The molecule has 0 aliphatic heterocycles. The minimum absolute atomic E-state index is 0.0924. The summed E-state index contributed by atoms with van der Waals surface area (Å²) in [5, 5.41) is 9.63. The lowest BCUT2D eigenvalue weighted by Crippen LogP contribution is -2.07. The summed E-state index contributed by atoms with van der Waals surface area (Å²) in [6.07, 6.45) is 1.96. The summed E-state index contributed by atoms with van der Waals surface area (Å²) in [4.78, 5) is 0. The summed E-state index contributed by atoms with van der Waals surface area (Å²) in [7, 11) is 0. The highest BCUT2D eigenvalue weighted by molar-refractivity contribution is 5.26. The van der Waals surface area contributed by atoms with Crippen LogP contribution in [0, 0.1) is 5.92 Å². The van der Waals surface area contributed by atoms with Crippen molar-refractivity contribution in [2.45, 2.75) is 31.8 Å². The van der Waals surface area contributed by atoms with Crippen LogP contribution in [-0.4, -0.2) is 11.2 Å². The molecule has 1 heteroatoms. The van der Waals surface area contributed by atoms with Gasteiger partial charge in [-0.1, -0.05) is 37.3 Å². The summed E-state index contributed by atoms with van der Waals surface area (Å²) in [5.41, 5.74) is 1.39. The van der Waals surface area contributed by atoms with Crippen LogP contribution in [0.25, 0.3) is 0 Å². The average Bonchev–Trinajstić information content (AvgIpc) is 2.98. The van der Waals surface area contributed by atoms with Gasteiger partial charge in [-0.3, -0.25) is 0 Å². The fraction of sp³-hybridized carbons (Fsp3) is 0.500. The van der Waals surface area contributed by atoms with Crippen molar-refractivity contribution < 1.29 is 5.11 Å². The molecule has 0 aromatic heterocycles. The largest absolute Gasteiger partial charge is 0.393 e. The van der Waals surface area contributed by atoms with Gasteiger partial charge < -0.3 is 5.11 Å². The Labute approximate surface area is 79.4 Å². The molecule has 0 heterocycles. The minimum Gasteiger partial charge on any atom is -0.393 e. The van der Waals surface area contributed by atoms with Crippen LogP contribution in [0.15, 0.2) is 30.3 Å². The summed E-state index contributed by atoms with van der Waals surface area (Å²) in [6, 6.07) is 10.5. The van der Waals surface area contributed by atoms with E-state index in [0.717, 1.165) is 6.42 Å². The monoisotopic (exact) mass is 176 g/mol. The molecule has 0 spiro atoms. The molecule has 13 heavy (non-hydrogen) atoms. The van der Waals surface area contributed by atoms with E-state index in [1.165, 1.54) is 12.0 Å². The molecule has 1 nitrogen and oxygen atoms in total. The molecular formula is C12H16O. The molecule has 70 valence electrons. The number of aliphatic hydroxyl groups excluding tert-OH is 1. The van der Waals surface area contributed by atoms with E-state index in [4.69, 9.17) is 0 Å². The van der Waals surface area contributed by atoms with Crippen LogP contribution in [0.5, 0.6) is 0 Å². The van der Waals surface area contributed by atoms with Crippen molar-refractivity contribution in [2.24, 2.45) is 5.92 Å². The fourth-order valence-corrected chi connectivity index (χ4v) is 2.03. The summed E-state index contributed by atoms with van der Waals surface area (Å²) < 4.78 is 0. The van der Waals surface area contributed by atoms with Crippen LogP contribution in [0.4, 0.5) is 0 Å². The maximum atomic E-state index is 9.63. The third kappa shape index (κ3) is 1.75. The van der Waals surface area contributed by atoms with Gasteiger partial charge in [-0.05, 0) is 30.2 Å². The Morgan fingerprint density at radius 3 is 2.69 bits per heavy atom. The maximum Gasteiger partial charge on any atom is 0.0571 e. The Balaban J connectivity index is 2.00. The molecule has 0 unspecified atom stereocenters. The van der Waals surface area contributed by atoms with Gasteiger partial charge >= 0.3 is 0 Å². The van der Waals surface area contributed by atoms with Gasteiger partial charge in [-0.15, -0.1) is 0 Å². The third-order valence-corrected chi connectivity index (χ3v) is 2.98. The Hall–Kier alpha value is -0.820. The lowest BCUT2D eigenvalue weighted by molar-refractivity contribution is 0.145. The van der Waals surface area contributed by atoms with E-state index in [0.29, 0.717) is 11.8 Å². The van der Waals surface area contributed by atoms with Crippen molar-refractivity contribution in [1.29, 1.82) is 0 Å². The Kier molecular flexibility index (Phi) is 2.36. The second-order valence-electron chi connectivity index (χ2n) is 3.89. The van der Waals surface area contributed by atoms with Crippen LogP contribution in [-0.2, 0) is 0 Å². The van der Waals surface area contributed by atoms with E-state index in [2.05, 4.69) is 24.3 Å². The first kappa shape index (κ1) is 8.76. The van der Waals surface area contributed by atoms with E-state index in [9.17, 15) is 5.11 Å². The van der Waals surface area contributed by atoms with Crippen molar-refractivity contribution in [3.05, 3.63) is 35.9 Å². The standard InChI is InChI=1S/C12H16O/c1-2-12(13)11-8-10(11)9-6-4-3-5-7-9/h3-7,10-13H,2,8H2,1H3/t10-,11+,12+/m1/s1. The number of hydrogen-bond acceptors (Lipinski definition) is 1. The van der Waals surface area contributed by atoms with Crippen molar-refractivity contribution in [3.8, 4) is 0 Å². The van der Waals surface area contributed by atoms with Crippen LogP contribution < -0.4 is 0 Å². The average molecular weight is 176 g/mol. The van der Waals surface area contributed by atoms with E-state index in [1.54, 1.807) is 0 Å². The molecule has 2 rings (SSSR count). The van der Waals surface area contributed by atoms with Gasteiger partial charge in [0.05, 0.1) is 6.10 Å². The molecule has 1 aliphatic rings. The van der Waals surface area contributed by atoms with Crippen molar-refractivity contribution >= 4 is 0 Å². The SMILES string of the molecule is CC[C@H](O)[C@H]1C[C@@H]1c1ccccc1. The predicted octanol–water partition coefficient (Wildman–Crippen LogP) is 2.56.